The van der Waals surface area contributed by atoms with Crippen LogP contribution < -0.4 is 4.65 Å². The van der Waals surface area contributed by atoms with Gasteiger partial charge >= 0.3 is 5.97 Å². The molecule has 0 aromatic carbocycles. The fourth-order valence-corrected chi connectivity index (χ4v) is 5.79. The number of aromatic nitrogens is 1. The van der Waals surface area contributed by atoms with E-state index in [1.165, 1.54) is 0 Å². The Balaban J connectivity index is 1.90. The molecule has 2 aromatic rings. The molecule has 1 saturated heterocycles. The zero-order valence-electron chi connectivity index (χ0n) is 16.0. The summed E-state index contributed by atoms with van der Waals surface area (Å²) in [5.41, 5.74) is 0. The van der Waals surface area contributed by atoms with Crippen LogP contribution >= 0.6 is 11.3 Å². The average molecular weight is 448 g/mol. The molecule has 1 fully saturated rings. The molecule has 0 radical (unpaired) electrons. The van der Waals surface area contributed by atoms with Crippen LogP contribution in [0.2, 0.25) is 0 Å². The van der Waals surface area contributed by atoms with E-state index < -0.39 is 38.3 Å². The SMILES string of the molecule is CCCN1CC(OC(=O)c2occc2F)[N+]([O-])(c2ncc(S(=O)(=O)CCC)s2)C1. The van der Waals surface area contributed by atoms with Crippen molar-refractivity contribution in [2.75, 3.05) is 25.5 Å². The van der Waals surface area contributed by atoms with Crippen molar-refractivity contribution in [1.29, 1.82) is 0 Å². The predicted octanol–water partition coefficient (Wildman–Crippen LogP) is 2.73. The van der Waals surface area contributed by atoms with Gasteiger partial charge in [0.25, 0.3) is 11.4 Å². The molecule has 3 heterocycles. The van der Waals surface area contributed by atoms with E-state index in [4.69, 9.17) is 9.15 Å². The largest absolute Gasteiger partial charge is 0.622 e. The van der Waals surface area contributed by atoms with E-state index in [0.29, 0.717) is 13.0 Å². The van der Waals surface area contributed by atoms with E-state index in [0.717, 1.165) is 36.3 Å². The second kappa shape index (κ2) is 8.48. The summed E-state index contributed by atoms with van der Waals surface area (Å²) in [5.74, 6) is -2.64. The number of furan rings is 1. The fraction of sp³-hybridized carbons (Fsp3) is 0.529. The molecule has 3 rings (SSSR count). The number of sulfone groups is 1. The zero-order chi connectivity index (χ0) is 21.2. The lowest BCUT2D eigenvalue weighted by Gasteiger charge is -2.38. The summed E-state index contributed by atoms with van der Waals surface area (Å²) < 4.78 is 47.2. The van der Waals surface area contributed by atoms with Gasteiger partial charge in [0, 0.05) is 12.6 Å². The van der Waals surface area contributed by atoms with Crippen molar-refractivity contribution in [2.45, 2.75) is 37.1 Å². The van der Waals surface area contributed by atoms with Crippen LogP contribution in [0.5, 0.6) is 0 Å². The summed E-state index contributed by atoms with van der Waals surface area (Å²) in [4.78, 5) is 18.1. The minimum absolute atomic E-state index is 0.00111. The Bertz CT molecular complexity index is 975. The second-order valence-corrected chi connectivity index (χ2v) is 10.1. The van der Waals surface area contributed by atoms with E-state index in [-0.39, 0.29) is 28.3 Å². The fourth-order valence-electron chi connectivity index (χ4n) is 3.14. The first-order chi connectivity index (χ1) is 13.7. The highest BCUT2D eigenvalue weighted by Crippen LogP contribution is 2.37. The van der Waals surface area contributed by atoms with Crippen LogP contribution in [0, 0.1) is 11.0 Å². The number of ether oxygens (including phenoxy) is 1. The molecule has 0 spiro atoms. The van der Waals surface area contributed by atoms with Gasteiger partial charge in [0.1, 0.15) is 10.9 Å². The van der Waals surface area contributed by atoms with Crippen molar-refractivity contribution in [1.82, 2.24) is 14.5 Å². The number of carbonyl (C=O) groups is 1. The van der Waals surface area contributed by atoms with E-state index in [1.54, 1.807) is 11.8 Å². The predicted molar refractivity (Wildman–Crippen MR) is 104 cm³/mol. The molecule has 9 nitrogen and oxygen atoms in total. The van der Waals surface area contributed by atoms with Crippen molar-refractivity contribution >= 4 is 32.3 Å². The maximum atomic E-state index is 13.7. The number of rotatable bonds is 8. The van der Waals surface area contributed by atoms with Crippen LogP contribution in [0.3, 0.4) is 0 Å². The van der Waals surface area contributed by atoms with Crippen molar-refractivity contribution < 1.29 is 26.8 Å². The van der Waals surface area contributed by atoms with Gasteiger partial charge in [-0.2, -0.15) is 4.98 Å². The summed E-state index contributed by atoms with van der Waals surface area (Å²) in [6.07, 6.45) is 2.14. The van der Waals surface area contributed by atoms with Gasteiger partial charge in [-0.3, -0.25) is 4.65 Å². The Morgan fingerprint density at radius 3 is 2.86 bits per heavy atom. The molecule has 1 aliphatic rings. The van der Waals surface area contributed by atoms with Gasteiger partial charge in [-0.15, -0.1) is 0 Å². The van der Waals surface area contributed by atoms with Gasteiger partial charge in [-0.1, -0.05) is 13.8 Å². The van der Waals surface area contributed by atoms with E-state index in [2.05, 4.69) is 4.98 Å². The van der Waals surface area contributed by atoms with Crippen molar-refractivity contribution in [3.8, 4) is 0 Å². The van der Waals surface area contributed by atoms with Gasteiger partial charge < -0.3 is 14.4 Å². The van der Waals surface area contributed by atoms with Gasteiger partial charge in [0.15, 0.2) is 15.7 Å². The lowest BCUT2D eigenvalue weighted by molar-refractivity contribution is 0.00188. The number of hydroxylamine groups is 2. The molecule has 29 heavy (non-hydrogen) atoms. The number of nitrogens with zero attached hydrogens (tertiary/aromatic N) is 3. The molecule has 12 heteroatoms. The minimum atomic E-state index is -3.53. The third-order valence-electron chi connectivity index (χ3n) is 4.45. The first-order valence-electron chi connectivity index (χ1n) is 9.15. The van der Waals surface area contributed by atoms with Gasteiger partial charge in [-0.05, 0) is 24.2 Å². The third-order valence-corrected chi connectivity index (χ3v) is 8.03. The molecular weight excluding hydrogens is 425 g/mol. The van der Waals surface area contributed by atoms with E-state index >= 15 is 0 Å². The number of halogens is 1. The van der Waals surface area contributed by atoms with Crippen LogP contribution in [0.15, 0.2) is 27.2 Å². The first-order valence-corrected chi connectivity index (χ1v) is 11.6. The Morgan fingerprint density at radius 1 is 1.48 bits per heavy atom. The van der Waals surface area contributed by atoms with Crippen LogP contribution in [-0.4, -0.2) is 56.0 Å². The Hall–Kier alpha value is -1.86. The number of hydrogen-bond acceptors (Lipinski definition) is 9. The number of carbonyl (C=O) groups excluding carboxylic acids is 1. The second-order valence-electron chi connectivity index (χ2n) is 6.75. The molecule has 0 N–H and O–H groups in total. The average Bonchev–Trinajstić information content (AvgIpc) is 3.36. The third kappa shape index (κ3) is 4.36. The number of quaternary nitrogens is 1. The normalized spacial score (nSPS) is 22.8. The Morgan fingerprint density at radius 2 is 2.24 bits per heavy atom. The smallest absolute Gasteiger partial charge is 0.381 e. The number of thiazole rings is 1. The number of esters is 1. The molecule has 0 saturated carbocycles. The molecule has 160 valence electrons. The maximum Gasteiger partial charge on any atom is 0.381 e. The van der Waals surface area contributed by atoms with Crippen molar-refractivity contribution in [3.05, 3.63) is 35.3 Å². The van der Waals surface area contributed by atoms with Gasteiger partial charge in [0.05, 0.1) is 24.8 Å². The lowest BCUT2D eigenvalue weighted by Crippen LogP contribution is -2.50. The maximum absolute atomic E-state index is 13.7. The molecule has 2 aromatic heterocycles. The molecule has 0 bridgehead atoms. The lowest BCUT2D eigenvalue weighted by atomic mass is 10.4. The standard InChI is InChI=1S/C17H22FN3O6S2/c1-3-6-20-10-13(27-16(22)15-12(18)5-7-26-15)21(23,11-20)17-19-9-14(28-17)29(24,25)8-4-2/h5,7,9,13H,3-4,6,8,10-11H2,1-2H3. The molecular formula is C17H22FN3O6S2. The Labute approximate surface area is 171 Å². The van der Waals surface area contributed by atoms with Gasteiger partial charge in [-0.25, -0.2) is 22.5 Å². The number of hydrogen-bond donors (Lipinski definition) is 0. The summed E-state index contributed by atoms with van der Waals surface area (Å²) in [7, 11) is -3.53. The highest BCUT2D eigenvalue weighted by molar-refractivity contribution is 7.93. The monoisotopic (exact) mass is 447 g/mol. The molecule has 0 amide bonds. The molecule has 2 atom stereocenters. The highest BCUT2D eigenvalue weighted by atomic mass is 32.2. The zero-order valence-corrected chi connectivity index (χ0v) is 17.7. The van der Waals surface area contributed by atoms with Crippen molar-refractivity contribution in [2.24, 2.45) is 0 Å². The van der Waals surface area contributed by atoms with Crippen LogP contribution in [0.25, 0.3) is 0 Å². The molecule has 1 aliphatic heterocycles. The van der Waals surface area contributed by atoms with Crippen LogP contribution in [0.1, 0.15) is 37.2 Å². The van der Waals surface area contributed by atoms with E-state index in [1.807, 2.05) is 6.92 Å². The van der Waals surface area contributed by atoms with Crippen LogP contribution in [-0.2, 0) is 14.6 Å². The summed E-state index contributed by atoms with van der Waals surface area (Å²) >= 11 is 0.773. The quantitative estimate of drug-likeness (QED) is 0.345. The minimum Gasteiger partial charge on any atom is -0.622 e. The topological polar surface area (TPSA) is 113 Å². The highest BCUT2D eigenvalue weighted by Gasteiger charge is 2.46. The summed E-state index contributed by atoms with van der Waals surface area (Å²) in [5, 5.41) is 13.6. The first kappa shape index (κ1) is 21.8. The molecule has 2 unspecified atom stereocenters. The van der Waals surface area contributed by atoms with Gasteiger partial charge in [0.2, 0.25) is 5.76 Å². The van der Waals surface area contributed by atoms with E-state index in [9.17, 15) is 22.8 Å². The Kier molecular flexibility index (Phi) is 6.39. The summed E-state index contributed by atoms with van der Waals surface area (Å²) in [6, 6.07) is 0.972. The summed E-state index contributed by atoms with van der Waals surface area (Å²) in [6.45, 7) is 4.32. The van der Waals surface area contributed by atoms with Crippen LogP contribution in [0.4, 0.5) is 9.52 Å². The molecule has 0 aliphatic carbocycles. The van der Waals surface area contributed by atoms with Crippen molar-refractivity contribution in [3.63, 3.8) is 0 Å².